The molecule has 0 amide bonds. The molecule has 4 nitrogen and oxygen atoms in total. The molecule has 0 aliphatic carbocycles. The summed E-state index contributed by atoms with van der Waals surface area (Å²) < 4.78 is 18.8. The van der Waals surface area contributed by atoms with Gasteiger partial charge in [-0.25, -0.2) is 4.39 Å². The average Bonchev–Trinajstić information content (AvgIpc) is 2.39. The summed E-state index contributed by atoms with van der Waals surface area (Å²) in [6, 6.07) is 11.0. The summed E-state index contributed by atoms with van der Waals surface area (Å²) in [4.78, 5) is 4.14. The van der Waals surface area contributed by atoms with E-state index in [0.717, 1.165) is 6.07 Å². The van der Waals surface area contributed by atoms with Crippen LogP contribution in [0.2, 0.25) is 0 Å². The van der Waals surface area contributed by atoms with E-state index in [1.807, 2.05) is 0 Å². The fourth-order valence-electron chi connectivity index (χ4n) is 1.38. The predicted molar refractivity (Wildman–Crippen MR) is 65.0 cm³/mol. The van der Waals surface area contributed by atoms with Crippen molar-refractivity contribution < 1.29 is 9.13 Å². The second kappa shape index (κ2) is 5.15. The van der Waals surface area contributed by atoms with Gasteiger partial charge < -0.3 is 10.1 Å². The van der Waals surface area contributed by atoms with Crippen LogP contribution in [0, 0.1) is 17.1 Å². The highest BCUT2D eigenvalue weighted by Gasteiger charge is 2.05. The van der Waals surface area contributed by atoms with Crippen LogP contribution < -0.4 is 10.1 Å². The smallest absolute Gasteiger partial charge is 0.221 e. The Morgan fingerprint density at radius 3 is 2.83 bits per heavy atom. The third kappa shape index (κ3) is 2.55. The van der Waals surface area contributed by atoms with Gasteiger partial charge in [-0.1, -0.05) is 6.07 Å². The van der Waals surface area contributed by atoms with Gasteiger partial charge >= 0.3 is 0 Å². The van der Waals surface area contributed by atoms with Crippen LogP contribution in [0.5, 0.6) is 11.6 Å². The van der Waals surface area contributed by atoms with E-state index < -0.39 is 5.82 Å². The van der Waals surface area contributed by atoms with Gasteiger partial charge in [0.25, 0.3) is 0 Å². The van der Waals surface area contributed by atoms with Gasteiger partial charge in [-0.05, 0) is 18.2 Å². The second-order valence-corrected chi connectivity index (χ2v) is 3.47. The Morgan fingerprint density at radius 2 is 2.17 bits per heavy atom. The molecule has 0 aliphatic rings. The van der Waals surface area contributed by atoms with Crippen LogP contribution >= 0.6 is 0 Å². The first-order valence-corrected chi connectivity index (χ1v) is 5.25. The van der Waals surface area contributed by atoms with Gasteiger partial charge in [0.2, 0.25) is 5.88 Å². The summed E-state index contributed by atoms with van der Waals surface area (Å²) in [5.41, 5.74) is -0.0146. The van der Waals surface area contributed by atoms with Crippen LogP contribution in [0.4, 0.5) is 10.2 Å². The Hall–Kier alpha value is -2.61. The topological polar surface area (TPSA) is 57.9 Å². The van der Waals surface area contributed by atoms with E-state index in [4.69, 9.17) is 10.00 Å². The van der Waals surface area contributed by atoms with Crippen LogP contribution in [0.3, 0.4) is 0 Å². The molecule has 5 heteroatoms. The summed E-state index contributed by atoms with van der Waals surface area (Å²) in [5, 5.41) is 11.5. The third-order valence-electron chi connectivity index (χ3n) is 2.26. The van der Waals surface area contributed by atoms with E-state index in [9.17, 15) is 4.39 Å². The van der Waals surface area contributed by atoms with Crippen molar-refractivity contribution in [2.24, 2.45) is 0 Å². The number of nitrogens with one attached hydrogen (secondary N) is 1. The fraction of sp³-hybridized carbons (Fsp3) is 0.0769. The zero-order valence-electron chi connectivity index (χ0n) is 9.64. The highest BCUT2D eigenvalue weighted by molar-refractivity contribution is 5.40. The third-order valence-corrected chi connectivity index (χ3v) is 2.26. The number of ether oxygens (including phenoxy) is 1. The molecule has 0 spiro atoms. The molecule has 1 aromatic carbocycles. The van der Waals surface area contributed by atoms with E-state index in [1.165, 1.54) is 12.1 Å². The van der Waals surface area contributed by atoms with Crippen LogP contribution in [0.1, 0.15) is 5.56 Å². The summed E-state index contributed by atoms with van der Waals surface area (Å²) in [6.45, 7) is 0. The number of hydrogen-bond acceptors (Lipinski definition) is 4. The maximum atomic E-state index is 13.4. The molecule has 2 rings (SSSR count). The van der Waals surface area contributed by atoms with E-state index in [1.54, 1.807) is 31.3 Å². The molecule has 2 aromatic rings. The lowest BCUT2D eigenvalue weighted by Gasteiger charge is -2.06. The summed E-state index contributed by atoms with van der Waals surface area (Å²) in [5.74, 6) is 0.694. The molecule has 1 heterocycles. The Labute approximate surface area is 104 Å². The van der Waals surface area contributed by atoms with Crippen molar-refractivity contribution in [1.82, 2.24) is 4.98 Å². The largest absolute Gasteiger partial charge is 0.439 e. The molecule has 1 aromatic heterocycles. The number of anilines is 1. The Bertz CT molecular complexity index is 607. The van der Waals surface area contributed by atoms with E-state index >= 15 is 0 Å². The SMILES string of the molecule is CNc1cccc(Oc2ccc(C#N)c(F)c2)n1. The molecule has 0 fully saturated rings. The molecule has 0 atom stereocenters. The molecule has 0 aliphatic heterocycles. The lowest BCUT2D eigenvalue weighted by atomic mass is 10.2. The maximum Gasteiger partial charge on any atom is 0.221 e. The van der Waals surface area contributed by atoms with Gasteiger partial charge in [-0.3, -0.25) is 0 Å². The highest BCUT2D eigenvalue weighted by atomic mass is 19.1. The van der Waals surface area contributed by atoms with Gasteiger partial charge in [-0.15, -0.1) is 0 Å². The summed E-state index contributed by atoms with van der Waals surface area (Å²) in [7, 11) is 1.74. The van der Waals surface area contributed by atoms with Crippen molar-refractivity contribution in [1.29, 1.82) is 5.26 Å². The fourth-order valence-corrected chi connectivity index (χ4v) is 1.38. The lowest BCUT2D eigenvalue weighted by Crippen LogP contribution is -1.94. The van der Waals surface area contributed by atoms with E-state index in [2.05, 4.69) is 10.3 Å². The molecule has 18 heavy (non-hydrogen) atoms. The molecular weight excluding hydrogens is 233 g/mol. The molecule has 0 unspecified atom stereocenters. The van der Waals surface area contributed by atoms with Crippen molar-refractivity contribution in [3.63, 3.8) is 0 Å². The lowest BCUT2D eigenvalue weighted by molar-refractivity contribution is 0.458. The molecule has 1 N–H and O–H groups in total. The number of aromatic nitrogens is 1. The molecular formula is C13H10FN3O. The number of halogens is 1. The normalized spacial score (nSPS) is 9.61. The Morgan fingerprint density at radius 1 is 1.33 bits per heavy atom. The zero-order chi connectivity index (χ0) is 13.0. The van der Waals surface area contributed by atoms with Crippen LogP contribution in [0.25, 0.3) is 0 Å². The van der Waals surface area contributed by atoms with Crippen molar-refractivity contribution in [3.05, 3.63) is 47.8 Å². The molecule has 0 bridgehead atoms. The first-order chi connectivity index (χ1) is 8.72. The quantitative estimate of drug-likeness (QED) is 0.900. The second-order valence-electron chi connectivity index (χ2n) is 3.47. The maximum absolute atomic E-state index is 13.4. The highest BCUT2D eigenvalue weighted by Crippen LogP contribution is 2.22. The Balaban J connectivity index is 2.23. The number of benzene rings is 1. The molecule has 90 valence electrons. The van der Waals surface area contributed by atoms with Crippen molar-refractivity contribution >= 4 is 5.82 Å². The first-order valence-electron chi connectivity index (χ1n) is 5.25. The standard InChI is InChI=1S/C13H10FN3O/c1-16-12-3-2-4-13(17-12)18-10-6-5-9(8-15)11(14)7-10/h2-7H,1H3,(H,16,17). The van der Waals surface area contributed by atoms with Gasteiger partial charge in [0.05, 0.1) is 5.56 Å². The van der Waals surface area contributed by atoms with Crippen molar-refractivity contribution in [2.75, 3.05) is 12.4 Å². The van der Waals surface area contributed by atoms with Crippen molar-refractivity contribution in [3.8, 4) is 17.7 Å². The zero-order valence-corrected chi connectivity index (χ0v) is 9.64. The monoisotopic (exact) mass is 243 g/mol. The van der Waals surface area contributed by atoms with Gasteiger partial charge in [0.15, 0.2) is 0 Å². The number of nitrogens with zero attached hydrogens (tertiary/aromatic N) is 2. The van der Waals surface area contributed by atoms with E-state index in [-0.39, 0.29) is 5.56 Å². The minimum Gasteiger partial charge on any atom is -0.439 e. The summed E-state index contributed by atoms with van der Waals surface area (Å²) in [6.07, 6.45) is 0. The predicted octanol–water partition coefficient (Wildman–Crippen LogP) is 2.93. The average molecular weight is 243 g/mol. The minimum atomic E-state index is -0.611. The first kappa shape index (κ1) is 11.9. The van der Waals surface area contributed by atoms with Gasteiger partial charge in [0, 0.05) is 19.2 Å². The van der Waals surface area contributed by atoms with Crippen LogP contribution in [0.15, 0.2) is 36.4 Å². The van der Waals surface area contributed by atoms with Crippen LogP contribution in [-0.2, 0) is 0 Å². The molecule has 0 saturated carbocycles. The van der Waals surface area contributed by atoms with Crippen LogP contribution in [-0.4, -0.2) is 12.0 Å². The number of nitriles is 1. The Kier molecular flexibility index (Phi) is 3.39. The number of rotatable bonds is 3. The molecule has 0 radical (unpaired) electrons. The summed E-state index contributed by atoms with van der Waals surface area (Å²) >= 11 is 0. The number of hydrogen-bond donors (Lipinski definition) is 1. The van der Waals surface area contributed by atoms with E-state index in [0.29, 0.717) is 17.4 Å². The van der Waals surface area contributed by atoms with Gasteiger partial charge in [0.1, 0.15) is 23.5 Å². The number of pyridine rings is 1. The minimum absolute atomic E-state index is 0.0146. The van der Waals surface area contributed by atoms with Gasteiger partial charge in [-0.2, -0.15) is 10.2 Å². The molecule has 0 saturated heterocycles. The van der Waals surface area contributed by atoms with Crippen molar-refractivity contribution in [2.45, 2.75) is 0 Å².